The average molecular weight is 227 g/mol. The Morgan fingerprint density at radius 1 is 1.60 bits per heavy atom. The standard InChI is InChI=1S/C10H15ClN4/c1-6(4-7-2-3-7)15-10-8(12)9(11)13-5-14-10/h5-7H,2-4,12H2,1H3,(H,13,14,15). The van der Waals surface area contributed by atoms with Gasteiger partial charge in [-0.2, -0.15) is 0 Å². The van der Waals surface area contributed by atoms with Gasteiger partial charge >= 0.3 is 0 Å². The first-order valence-corrected chi connectivity index (χ1v) is 5.57. The fourth-order valence-electron chi connectivity index (χ4n) is 1.63. The van der Waals surface area contributed by atoms with Gasteiger partial charge in [0, 0.05) is 6.04 Å². The first-order valence-electron chi connectivity index (χ1n) is 5.19. The molecule has 3 N–H and O–H groups in total. The molecule has 4 nitrogen and oxygen atoms in total. The third-order valence-electron chi connectivity index (χ3n) is 2.60. The summed E-state index contributed by atoms with van der Waals surface area (Å²) in [5.74, 6) is 1.52. The van der Waals surface area contributed by atoms with E-state index in [0.717, 1.165) is 5.92 Å². The molecule has 15 heavy (non-hydrogen) atoms. The zero-order valence-corrected chi connectivity index (χ0v) is 9.46. The summed E-state index contributed by atoms with van der Waals surface area (Å²) in [6.45, 7) is 2.13. The lowest BCUT2D eigenvalue weighted by Crippen LogP contribution is -2.18. The lowest BCUT2D eigenvalue weighted by molar-refractivity contribution is 0.640. The van der Waals surface area contributed by atoms with Crippen molar-refractivity contribution in [3.8, 4) is 0 Å². The molecule has 1 atom stereocenters. The number of hydrogen-bond donors (Lipinski definition) is 2. The van der Waals surface area contributed by atoms with Crippen molar-refractivity contribution >= 4 is 23.1 Å². The molecule has 1 aromatic rings. The Labute approximate surface area is 94.2 Å². The molecule has 0 saturated heterocycles. The van der Waals surface area contributed by atoms with E-state index in [1.54, 1.807) is 0 Å². The molecule has 2 rings (SSSR count). The van der Waals surface area contributed by atoms with Crippen molar-refractivity contribution in [2.45, 2.75) is 32.2 Å². The molecule has 1 heterocycles. The fraction of sp³-hybridized carbons (Fsp3) is 0.600. The predicted molar refractivity (Wildman–Crippen MR) is 61.9 cm³/mol. The summed E-state index contributed by atoms with van der Waals surface area (Å²) in [7, 11) is 0. The maximum atomic E-state index is 5.80. The molecule has 5 heteroatoms. The van der Waals surface area contributed by atoms with Gasteiger partial charge in [0.25, 0.3) is 0 Å². The average Bonchev–Trinajstić information content (AvgIpc) is 2.97. The van der Waals surface area contributed by atoms with E-state index in [1.165, 1.54) is 25.6 Å². The second-order valence-corrected chi connectivity index (χ2v) is 4.51. The number of hydrogen-bond acceptors (Lipinski definition) is 4. The van der Waals surface area contributed by atoms with Crippen LogP contribution in [0.4, 0.5) is 11.5 Å². The van der Waals surface area contributed by atoms with Gasteiger partial charge in [0.15, 0.2) is 11.0 Å². The van der Waals surface area contributed by atoms with E-state index >= 15 is 0 Å². The van der Waals surface area contributed by atoms with Gasteiger partial charge in [0.1, 0.15) is 12.0 Å². The molecule has 1 aliphatic carbocycles. The zero-order chi connectivity index (χ0) is 10.8. The summed E-state index contributed by atoms with van der Waals surface area (Å²) >= 11 is 5.80. The van der Waals surface area contributed by atoms with Crippen molar-refractivity contribution in [3.05, 3.63) is 11.5 Å². The summed E-state index contributed by atoms with van der Waals surface area (Å²) in [6.07, 6.45) is 5.30. The van der Waals surface area contributed by atoms with E-state index in [4.69, 9.17) is 17.3 Å². The van der Waals surface area contributed by atoms with Crippen LogP contribution in [-0.2, 0) is 0 Å². The Kier molecular flexibility index (Phi) is 2.95. The third-order valence-corrected chi connectivity index (χ3v) is 2.90. The van der Waals surface area contributed by atoms with Crippen LogP contribution in [0, 0.1) is 5.92 Å². The largest absolute Gasteiger partial charge is 0.393 e. The smallest absolute Gasteiger partial charge is 0.157 e. The summed E-state index contributed by atoms with van der Waals surface area (Å²) < 4.78 is 0. The van der Waals surface area contributed by atoms with Gasteiger partial charge in [0.05, 0.1) is 0 Å². The number of halogens is 1. The number of rotatable bonds is 4. The lowest BCUT2D eigenvalue weighted by Gasteiger charge is -2.15. The quantitative estimate of drug-likeness (QED) is 0.774. The highest BCUT2D eigenvalue weighted by Gasteiger charge is 2.23. The van der Waals surface area contributed by atoms with Crippen LogP contribution in [0.25, 0.3) is 0 Å². The number of aromatic nitrogens is 2. The molecule has 1 aromatic heterocycles. The van der Waals surface area contributed by atoms with Gasteiger partial charge in [-0.1, -0.05) is 24.4 Å². The Morgan fingerprint density at radius 2 is 2.33 bits per heavy atom. The number of anilines is 2. The van der Waals surface area contributed by atoms with Crippen LogP contribution < -0.4 is 11.1 Å². The Hall–Kier alpha value is -1.03. The monoisotopic (exact) mass is 226 g/mol. The summed E-state index contributed by atoms with van der Waals surface area (Å²) in [4.78, 5) is 7.88. The molecule has 0 amide bonds. The third kappa shape index (κ3) is 2.72. The summed E-state index contributed by atoms with van der Waals surface area (Å²) in [5.41, 5.74) is 6.19. The Bertz CT molecular complexity index is 351. The summed E-state index contributed by atoms with van der Waals surface area (Å²) in [6, 6.07) is 0.380. The molecular formula is C10H15ClN4. The maximum absolute atomic E-state index is 5.80. The van der Waals surface area contributed by atoms with Gasteiger partial charge in [-0.15, -0.1) is 0 Å². The van der Waals surface area contributed by atoms with E-state index in [-0.39, 0.29) is 0 Å². The minimum Gasteiger partial charge on any atom is -0.393 e. The molecule has 0 bridgehead atoms. The molecule has 82 valence electrons. The zero-order valence-electron chi connectivity index (χ0n) is 8.70. The lowest BCUT2D eigenvalue weighted by atomic mass is 10.1. The number of nitrogen functional groups attached to an aromatic ring is 1. The number of nitrogens with two attached hydrogens (primary N) is 1. The van der Waals surface area contributed by atoms with Crippen LogP contribution >= 0.6 is 11.6 Å². The van der Waals surface area contributed by atoms with E-state index in [1.807, 2.05) is 0 Å². The van der Waals surface area contributed by atoms with Gasteiger partial charge in [-0.3, -0.25) is 0 Å². The van der Waals surface area contributed by atoms with Crippen molar-refractivity contribution in [3.63, 3.8) is 0 Å². The predicted octanol–water partition coefficient (Wildman–Crippen LogP) is 2.31. The molecule has 0 radical (unpaired) electrons. The highest BCUT2D eigenvalue weighted by molar-refractivity contribution is 6.32. The number of nitrogens with zero attached hydrogens (tertiary/aromatic N) is 2. The molecule has 0 spiro atoms. The molecule has 1 fully saturated rings. The van der Waals surface area contributed by atoms with Crippen LogP contribution in [0.15, 0.2) is 6.33 Å². The van der Waals surface area contributed by atoms with Gasteiger partial charge in [-0.05, 0) is 19.3 Å². The molecule has 1 unspecified atom stereocenters. The van der Waals surface area contributed by atoms with E-state index in [9.17, 15) is 0 Å². The summed E-state index contributed by atoms with van der Waals surface area (Å²) in [5, 5.41) is 3.57. The van der Waals surface area contributed by atoms with Crippen LogP contribution in [0.1, 0.15) is 26.2 Å². The minimum absolute atomic E-state index is 0.311. The number of nitrogens with one attached hydrogen (secondary N) is 1. The molecule has 0 aromatic carbocycles. The normalized spacial score (nSPS) is 17.5. The van der Waals surface area contributed by atoms with Crippen molar-refractivity contribution in [2.24, 2.45) is 5.92 Å². The Morgan fingerprint density at radius 3 is 3.00 bits per heavy atom. The molecule has 1 aliphatic rings. The van der Waals surface area contributed by atoms with Crippen molar-refractivity contribution in [1.82, 2.24) is 9.97 Å². The van der Waals surface area contributed by atoms with Gasteiger partial charge < -0.3 is 11.1 Å². The van der Waals surface area contributed by atoms with E-state index in [2.05, 4.69) is 22.2 Å². The van der Waals surface area contributed by atoms with Gasteiger partial charge in [-0.25, -0.2) is 9.97 Å². The van der Waals surface area contributed by atoms with Gasteiger partial charge in [0.2, 0.25) is 0 Å². The second kappa shape index (κ2) is 4.23. The first kappa shape index (κ1) is 10.5. The first-order chi connectivity index (χ1) is 7.16. The molecule has 0 aliphatic heterocycles. The minimum atomic E-state index is 0.311. The van der Waals surface area contributed by atoms with E-state index in [0.29, 0.717) is 22.7 Å². The Balaban J connectivity index is 1.99. The van der Waals surface area contributed by atoms with Crippen molar-refractivity contribution in [1.29, 1.82) is 0 Å². The van der Waals surface area contributed by atoms with Crippen LogP contribution in [-0.4, -0.2) is 16.0 Å². The highest BCUT2D eigenvalue weighted by atomic mass is 35.5. The fourth-order valence-corrected chi connectivity index (χ4v) is 1.77. The van der Waals surface area contributed by atoms with Crippen molar-refractivity contribution < 1.29 is 0 Å². The van der Waals surface area contributed by atoms with Crippen molar-refractivity contribution in [2.75, 3.05) is 11.1 Å². The highest BCUT2D eigenvalue weighted by Crippen LogP contribution is 2.34. The topological polar surface area (TPSA) is 63.8 Å². The molecule has 1 saturated carbocycles. The van der Waals surface area contributed by atoms with Crippen LogP contribution in [0.5, 0.6) is 0 Å². The van der Waals surface area contributed by atoms with Crippen LogP contribution in [0.3, 0.4) is 0 Å². The van der Waals surface area contributed by atoms with E-state index < -0.39 is 0 Å². The molecular weight excluding hydrogens is 212 g/mol. The second-order valence-electron chi connectivity index (χ2n) is 4.15. The maximum Gasteiger partial charge on any atom is 0.157 e. The van der Waals surface area contributed by atoms with Crippen LogP contribution in [0.2, 0.25) is 5.15 Å². The SMILES string of the molecule is CC(CC1CC1)Nc1ncnc(Cl)c1N.